The Morgan fingerprint density at radius 1 is 1.12 bits per heavy atom. The predicted molar refractivity (Wildman–Crippen MR) is 87.5 cm³/mol. The molecule has 0 radical (unpaired) electrons. The first kappa shape index (κ1) is 16.8. The lowest BCUT2D eigenvalue weighted by Crippen LogP contribution is -2.18. The lowest BCUT2D eigenvalue weighted by molar-refractivity contribution is -0.137. The van der Waals surface area contributed by atoms with E-state index in [-0.39, 0.29) is 11.3 Å². The van der Waals surface area contributed by atoms with Gasteiger partial charge in [0, 0.05) is 16.5 Å². The molecule has 25 heavy (non-hydrogen) atoms. The Morgan fingerprint density at radius 2 is 1.80 bits per heavy atom. The number of furan rings is 1. The molecular formula is C18H13F3N2O2. The van der Waals surface area contributed by atoms with Crippen molar-refractivity contribution in [1.29, 1.82) is 0 Å². The number of amides is 1. The van der Waals surface area contributed by atoms with Gasteiger partial charge in [-0.25, -0.2) is 5.43 Å². The maximum atomic E-state index is 12.9. The number of alkyl halides is 3. The summed E-state index contributed by atoms with van der Waals surface area (Å²) in [5, 5.41) is 4.41. The Labute approximate surface area is 140 Å². The van der Waals surface area contributed by atoms with Crippen molar-refractivity contribution in [2.24, 2.45) is 5.10 Å². The number of rotatable bonds is 3. The zero-order valence-corrected chi connectivity index (χ0v) is 13.1. The topological polar surface area (TPSA) is 54.6 Å². The Bertz CT molecular complexity index is 958. The molecule has 1 heterocycles. The van der Waals surface area contributed by atoms with Crippen molar-refractivity contribution in [2.75, 3.05) is 0 Å². The molecule has 0 atom stereocenters. The van der Waals surface area contributed by atoms with Gasteiger partial charge in [-0.15, -0.1) is 0 Å². The summed E-state index contributed by atoms with van der Waals surface area (Å²) in [6, 6.07) is 12.1. The van der Waals surface area contributed by atoms with Crippen molar-refractivity contribution in [2.45, 2.75) is 13.1 Å². The first-order chi connectivity index (χ1) is 11.9. The number of carbonyl (C=O) groups excluding carboxylic acids is 1. The van der Waals surface area contributed by atoms with Crippen LogP contribution in [0.15, 0.2) is 58.0 Å². The summed E-state index contributed by atoms with van der Waals surface area (Å²) < 4.78 is 44.2. The first-order valence-corrected chi connectivity index (χ1v) is 7.35. The molecule has 2 aromatic carbocycles. The lowest BCUT2D eigenvalue weighted by atomic mass is 10.1. The second-order valence-corrected chi connectivity index (χ2v) is 5.34. The minimum Gasteiger partial charge on any atom is -0.451 e. The number of nitrogens with one attached hydrogen (secondary N) is 1. The molecule has 128 valence electrons. The van der Waals surface area contributed by atoms with Crippen molar-refractivity contribution in [3.05, 3.63) is 71.0 Å². The Morgan fingerprint density at radius 3 is 2.52 bits per heavy atom. The number of aryl methyl sites for hydroxylation is 1. The quantitative estimate of drug-likeness (QED) is 0.560. The van der Waals surface area contributed by atoms with E-state index in [0.29, 0.717) is 11.1 Å². The van der Waals surface area contributed by atoms with E-state index in [1.54, 1.807) is 19.1 Å². The number of hydrogen-bond donors (Lipinski definition) is 1. The van der Waals surface area contributed by atoms with Gasteiger partial charge < -0.3 is 4.42 Å². The molecule has 1 aromatic heterocycles. The first-order valence-electron chi connectivity index (χ1n) is 7.35. The van der Waals surface area contributed by atoms with E-state index in [1.807, 2.05) is 12.1 Å². The van der Waals surface area contributed by atoms with Crippen LogP contribution in [-0.2, 0) is 6.18 Å². The number of hydrazone groups is 1. The van der Waals surface area contributed by atoms with E-state index in [9.17, 15) is 18.0 Å². The maximum absolute atomic E-state index is 12.9. The van der Waals surface area contributed by atoms with Gasteiger partial charge in [0.25, 0.3) is 0 Å². The van der Waals surface area contributed by atoms with Crippen molar-refractivity contribution in [3.63, 3.8) is 0 Å². The van der Waals surface area contributed by atoms with Gasteiger partial charge in [0.2, 0.25) is 0 Å². The van der Waals surface area contributed by atoms with Gasteiger partial charge in [-0.2, -0.15) is 18.3 Å². The number of carbonyl (C=O) groups is 1. The molecule has 0 aliphatic rings. The van der Waals surface area contributed by atoms with Crippen LogP contribution in [0.25, 0.3) is 11.0 Å². The summed E-state index contributed by atoms with van der Waals surface area (Å²) in [6.45, 7) is 1.73. The number of halogens is 3. The highest BCUT2D eigenvalue weighted by atomic mass is 19.4. The maximum Gasteiger partial charge on any atom is 0.417 e. The van der Waals surface area contributed by atoms with Crippen LogP contribution in [0, 0.1) is 6.92 Å². The molecular weight excluding hydrogens is 333 g/mol. The molecule has 0 aliphatic heterocycles. The fourth-order valence-corrected chi connectivity index (χ4v) is 2.47. The minimum atomic E-state index is -4.50. The summed E-state index contributed by atoms with van der Waals surface area (Å²) in [5.41, 5.74) is 2.42. The minimum absolute atomic E-state index is 0.0717. The van der Waals surface area contributed by atoms with Crippen molar-refractivity contribution >= 4 is 23.1 Å². The lowest BCUT2D eigenvalue weighted by Gasteiger charge is -2.09. The normalized spacial score (nSPS) is 12.0. The smallest absolute Gasteiger partial charge is 0.417 e. The number of hydrogen-bond acceptors (Lipinski definition) is 3. The van der Waals surface area contributed by atoms with E-state index in [0.717, 1.165) is 17.7 Å². The number of benzene rings is 2. The Hall–Kier alpha value is -3.09. The van der Waals surface area contributed by atoms with Crippen LogP contribution < -0.4 is 5.43 Å². The van der Waals surface area contributed by atoms with Gasteiger partial charge in [0.1, 0.15) is 5.58 Å². The summed E-state index contributed by atoms with van der Waals surface area (Å²) in [4.78, 5) is 12.2. The monoisotopic (exact) mass is 346 g/mol. The second-order valence-electron chi connectivity index (χ2n) is 5.34. The molecule has 3 rings (SSSR count). The third-order valence-corrected chi connectivity index (χ3v) is 3.69. The van der Waals surface area contributed by atoms with Crippen LogP contribution >= 0.6 is 0 Å². The average molecular weight is 346 g/mol. The highest BCUT2D eigenvalue weighted by molar-refractivity contribution is 5.99. The molecule has 1 N–H and O–H groups in total. The average Bonchev–Trinajstić information content (AvgIpc) is 2.92. The molecule has 0 saturated heterocycles. The van der Waals surface area contributed by atoms with Crippen LogP contribution in [0.5, 0.6) is 0 Å². The molecule has 1 amide bonds. The van der Waals surface area contributed by atoms with Gasteiger partial charge >= 0.3 is 12.1 Å². The standard InChI is InChI=1S/C18H13F3N2O2/c1-11-13-7-3-5-9-15(13)25-16(11)17(24)23-22-10-12-6-2-4-8-14(12)18(19,20)21/h2-10H,1H3,(H,23,24)/b22-10-. The van der Waals surface area contributed by atoms with Gasteiger partial charge in [0.15, 0.2) is 5.76 Å². The van der Waals surface area contributed by atoms with Crippen molar-refractivity contribution in [3.8, 4) is 0 Å². The molecule has 3 aromatic rings. The molecule has 4 nitrogen and oxygen atoms in total. The molecule has 0 unspecified atom stereocenters. The van der Waals surface area contributed by atoms with Gasteiger partial charge in [-0.3, -0.25) is 4.79 Å². The predicted octanol–water partition coefficient (Wildman–Crippen LogP) is 4.52. The Kier molecular flexibility index (Phi) is 4.31. The fraction of sp³-hybridized carbons (Fsp3) is 0.111. The van der Waals surface area contributed by atoms with Crippen LogP contribution in [0.4, 0.5) is 13.2 Å². The summed E-state index contributed by atoms with van der Waals surface area (Å²) in [5.74, 6) is -0.558. The van der Waals surface area contributed by atoms with E-state index < -0.39 is 17.6 Å². The van der Waals surface area contributed by atoms with Crippen molar-refractivity contribution in [1.82, 2.24) is 5.43 Å². The third kappa shape index (κ3) is 3.40. The number of nitrogens with zero attached hydrogens (tertiary/aromatic N) is 1. The molecule has 0 spiro atoms. The second kappa shape index (κ2) is 6.43. The number of fused-ring (bicyclic) bond motifs is 1. The van der Waals surface area contributed by atoms with Crippen LogP contribution in [-0.4, -0.2) is 12.1 Å². The van der Waals surface area contributed by atoms with Gasteiger partial charge in [0.05, 0.1) is 11.8 Å². The van der Waals surface area contributed by atoms with Crippen LogP contribution in [0.2, 0.25) is 0 Å². The largest absolute Gasteiger partial charge is 0.451 e. The molecule has 0 bridgehead atoms. The number of para-hydroxylation sites is 1. The zero-order chi connectivity index (χ0) is 18.0. The third-order valence-electron chi connectivity index (χ3n) is 3.69. The fourth-order valence-electron chi connectivity index (χ4n) is 2.47. The molecule has 0 saturated carbocycles. The van der Waals surface area contributed by atoms with E-state index >= 15 is 0 Å². The summed E-state index contributed by atoms with van der Waals surface area (Å²) >= 11 is 0. The van der Waals surface area contributed by atoms with E-state index in [1.165, 1.54) is 18.2 Å². The Balaban J connectivity index is 1.81. The van der Waals surface area contributed by atoms with Crippen LogP contribution in [0.1, 0.15) is 27.2 Å². The molecule has 0 aliphatic carbocycles. The summed E-state index contributed by atoms with van der Waals surface area (Å²) in [6.07, 6.45) is -3.54. The van der Waals surface area contributed by atoms with Gasteiger partial charge in [-0.1, -0.05) is 36.4 Å². The van der Waals surface area contributed by atoms with E-state index in [4.69, 9.17) is 4.42 Å². The van der Waals surface area contributed by atoms with Crippen molar-refractivity contribution < 1.29 is 22.4 Å². The SMILES string of the molecule is Cc1c(C(=O)N/N=C\c2ccccc2C(F)(F)F)oc2ccccc12. The highest BCUT2D eigenvalue weighted by Crippen LogP contribution is 2.31. The molecule has 7 heteroatoms. The zero-order valence-electron chi connectivity index (χ0n) is 13.1. The van der Waals surface area contributed by atoms with Crippen LogP contribution in [0.3, 0.4) is 0 Å². The summed E-state index contributed by atoms with van der Waals surface area (Å²) in [7, 11) is 0. The highest BCUT2D eigenvalue weighted by Gasteiger charge is 2.32. The van der Waals surface area contributed by atoms with E-state index in [2.05, 4.69) is 10.5 Å². The molecule has 0 fully saturated rings. The van der Waals surface area contributed by atoms with Gasteiger partial charge in [-0.05, 0) is 19.1 Å².